The van der Waals surface area contributed by atoms with Crippen LogP contribution in [0.2, 0.25) is 5.02 Å². The van der Waals surface area contributed by atoms with Crippen molar-refractivity contribution >= 4 is 28.6 Å². The molecule has 4 rings (SSSR count). The van der Waals surface area contributed by atoms with Gasteiger partial charge in [0.15, 0.2) is 5.58 Å². The predicted octanol–water partition coefficient (Wildman–Crippen LogP) is 4.52. The van der Waals surface area contributed by atoms with Gasteiger partial charge < -0.3 is 9.32 Å². The topological polar surface area (TPSA) is 55.5 Å². The van der Waals surface area contributed by atoms with Gasteiger partial charge >= 0.3 is 5.76 Å². The van der Waals surface area contributed by atoms with E-state index >= 15 is 0 Å². The lowest BCUT2D eigenvalue weighted by molar-refractivity contribution is -0.132. The van der Waals surface area contributed by atoms with Crippen molar-refractivity contribution in [3.8, 4) is 0 Å². The van der Waals surface area contributed by atoms with Crippen LogP contribution in [0, 0.1) is 0 Å². The number of benzene rings is 3. The summed E-state index contributed by atoms with van der Waals surface area (Å²) in [5.74, 6) is -0.710. The third-order valence-corrected chi connectivity index (χ3v) is 5.24. The highest BCUT2D eigenvalue weighted by atomic mass is 35.5. The molecular formula is C24H21ClN2O3. The maximum atomic E-state index is 13.2. The first-order valence-corrected chi connectivity index (χ1v) is 10.1. The smallest absolute Gasteiger partial charge is 0.408 e. The number of halogens is 1. The number of hydrogen-bond acceptors (Lipinski definition) is 3. The molecule has 0 saturated heterocycles. The van der Waals surface area contributed by atoms with Gasteiger partial charge in [0.25, 0.3) is 0 Å². The molecule has 3 aromatic carbocycles. The minimum atomic E-state index is -0.566. The largest absolute Gasteiger partial charge is 0.420 e. The predicted molar refractivity (Wildman–Crippen MR) is 117 cm³/mol. The van der Waals surface area contributed by atoms with E-state index in [1.165, 1.54) is 4.57 Å². The Kier molecular flexibility index (Phi) is 6.00. The summed E-state index contributed by atoms with van der Waals surface area (Å²) in [6.07, 6.45) is 0.732. The van der Waals surface area contributed by atoms with Crippen LogP contribution in [0.15, 0.2) is 88.1 Å². The number of amides is 1. The highest BCUT2D eigenvalue weighted by Gasteiger charge is 2.18. The first-order chi connectivity index (χ1) is 14.6. The van der Waals surface area contributed by atoms with Gasteiger partial charge in [0.2, 0.25) is 5.91 Å². The summed E-state index contributed by atoms with van der Waals surface area (Å²) in [5, 5.41) is 0.475. The molecule has 0 unspecified atom stereocenters. The Morgan fingerprint density at radius 2 is 1.60 bits per heavy atom. The van der Waals surface area contributed by atoms with Crippen molar-refractivity contribution in [3.05, 3.63) is 106 Å². The molecule has 5 nitrogen and oxygen atoms in total. The lowest BCUT2D eigenvalue weighted by atomic mass is 10.1. The molecule has 0 fully saturated rings. The quantitative estimate of drug-likeness (QED) is 0.441. The van der Waals surface area contributed by atoms with Crippen molar-refractivity contribution in [2.45, 2.75) is 19.5 Å². The lowest BCUT2D eigenvalue weighted by Crippen LogP contribution is -2.36. The van der Waals surface area contributed by atoms with Gasteiger partial charge in [-0.15, -0.1) is 0 Å². The van der Waals surface area contributed by atoms with Crippen LogP contribution < -0.4 is 5.76 Å². The number of aromatic nitrogens is 1. The van der Waals surface area contributed by atoms with Crippen LogP contribution in [-0.4, -0.2) is 21.9 Å². The molecule has 0 atom stereocenters. The van der Waals surface area contributed by atoms with Gasteiger partial charge in [-0.2, -0.15) is 0 Å². The van der Waals surface area contributed by atoms with Gasteiger partial charge in [-0.05, 0) is 29.7 Å². The summed E-state index contributed by atoms with van der Waals surface area (Å²) < 4.78 is 6.62. The first kappa shape index (κ1) is 20.0. The zero-order valence-corrected chi connectivity index (χ0v) is 17.1. The molecule has 0 radical (unpaired) electrons. The van der Waals surface area contributed by atoms with Crippen molar-refractivity contribution in [2.75, 3.05) is 6.54 Å². The van der Waals surface area contributed by atoms with Crippen LogP contribution in [0.4, 0.5) is 0 Å². The fraction of sp³-hybridized carbons (Fsp3) is 0.167. The average Bonchev–Trinajstić information content (AvgIpc) is 3.06. The monoisotopic (exact) mass is 420 g/mol. The summed E-state index contributed by atoms with van der Waals surface area (Å²) >= 11 is 5.98. The highest BCUT2D eigenvalue weighted by Crippen LogP contribution is 2.19. The summed E-state index contributed by atoms with van der Waals surface area (Å²) in [6, 6.07) is 24.8. The van der Waals surface area contributed by atoms with Gasteiger partial charge in [0, 0.05) is 24.2 Å². The number of hydrogen-bond donors (Lipinski definition) is 0. The molecule has 0 aliphatic carbocycles. The molecule has 0 spiro atoms. The zero-order chi connectivity index (χ0) is 20.9. The van der Waals surface area contributed by atoms with Crippen LogP contribution in [0.3, 0.4) is 0 Å². The number of carbonyl (C=O) groups is 1. The van der Waals surface area contributed by atoms with E-state index < -0.39 is 5.76 Å². The minimum Gasteiger partial charge on any atom is -0.408 e. The SMILES string of the molecule is O=C(Cn1c(=O)oc2cc(Cl)ccc21)N(CCc1ccccc1)Cc1ccccc1. The van der Waals surface area contributed by atoms with E-state index in [2.05, 4.69) is 0 Å². The number of fused-ring (bicyclic) bond motifs is 1. The van der Waals surface area contributed by atoms with Crippen molar-refractivity contribution in [2.24, 2.45) is 0 Å². The third-order valence-electron chi connectivity index (χ3n) is 5.01. The molecule has 1 heterocycles. The summed E-state index contributed by atoms with van der Waals surface area (Å²) in [6.45, 7) is 0.937. The van der Waals surface area contributed by atoms with Crippen molar-refractivity contribution in [1.29, 1.82) is 0 Å². The molecule has 6 heteroatoms. The van der Waals surface area contributed by atoms with Crippen molar-refractivity contribution in [1.82, 2.24) is 9.47 Å². The maximum absolute atomic E-state index is 13.2. The maximum Gasteiger partial charge on any atom is 0.420 e. The van der Waals surface area contributed by atoms with Crippen LogP contribution in [-0.2, 0) is 24.3 Å². The molecule has 0 bridgehead atoms. The molecule has 152 valence electrons. The van der Waals surface area contributed by atoms with E-state index in [-0.39, 0.29) is 12.5 Å². The highest BCUT2D eigenvalue weighted by molar-refractivity contribution is 6.31. The van der Waals surface area contributed by atoms with Gasteiger partial charge in [-0.3, -0.25) is 9.36 Å². The Morgan fingerprint density at radius 1 is 0.933 bits per heavy atom. The van der Waals surface area contributed by atoms with E-state index in [9.17, 15) is 9.59 Å². The molecule has 0 aliphatic heterocycles. The minimum absolute atomic E-state index is 0.0882. The van der Waals surface area contributed by atoms with Gasteiger partial charge in [-0.25, -0.2) is 4.79 Å². The Labute approximate surface area is 179 Å². The summed E-state index contributed by atoms with van der Waals surface area (Å²) in [7, 11) is 0. The molecule has 0 aliphatic rings. The van der Waals surface area contributed by atoms with E-state index in [4.69, 9.17) is 16.0 Å². The summed E-state index contributed by atoms with van der Waals surface area (Å²) in [4.78, 5) is 27.3. The fourth-order valence-corrected chi connectivity index (χ4v) is 3.59. The number of rotatable bonds is 7. The molecule has 4 aromatic rings. The van der Waals surface area contributed by atoms with E-state index in [0.717, 1.165) is 17.5 Å². The van der Waals surface area contributed by atoms with Gasteiger partial charge in [0.1, 0.15) is 6.54 Å². The number of nitrogens with zero attached hydrogens (tertiary/aromatic N) is 2. The van der Waals surface area contributed by atoms with Crippen LogP contribution in [0.1, 0.15) is 11.1 Å². The van der Waals surface area contributed by atoms with Crippen LogP contribution >= 0.6 is 11.6 Å². The molecular weight excluding hydrogens is 400 g/mol. The van der Waals surface area contributed by atoms with Crippen LogP contribution in [0.25, 0.3) is 11.1 Å². The Balaban J connectivity index is 1.57. The second-order valence-corrected chi connectivity index (χ2v) is 7.54. The van der Waals surface area contributed by atoms with Crippen LogP contribution in [0.5, 0.6) is 0 Å². The lowest BCUT2D eigenvalue weighted by Gasteiger charge is -2.23. The molecule has 1 aromatic heterocycles. The number of carbonyl (C=O) groups excluding carboxylic acids is 1. The fourth-order valence-electron chi connectivity index (χ4n) is 3.43. The second-order valence-electron chi connectivity index (χ2n) is 7.10. The molecule has 0 N–H and O–H groups in total. The zero-order valence-electron chi connectivity index (χ0n) is 16.3. The Morgan fingerprint density at radius 3 is 2.30 bits per heavy atom. The van der Waals surface area contributed by atoms with Gasteiger partial charge in [0.05, 0.1) is 5.52 Å². The first-order valence-electron chi connectivity index (χ1n) is 9.75. The second kappa shape index (κ2) is 9.01. The normalized spacial score (nSPS) is 11.0. The standard InChI is InChI=1S/C24H21ClN2O3/c25-20-11-12-21-22(15-20)30-24(29)27(21)17-23(28)26(16-19-9-5-2-6-10-19)14-13-18-7-3-1-4-8-18/h1-12,15H,13-14,16-17H2. The Bertz CT molecular complexity index is 1200. The molecule has 30 heavy (non-hydrogen) atoms. The third kappa shape index (κ3) is 4.63. The molecule has 0 saturated carbocycles. The summed E-state index contributed by atoms with van der Waals surface area (Å²) in [5.41, 5.74) is 3.12. The van der Waals surface area contributed by atoms with Gasteiger partial charge in [-0.1, -0.05) is 72.3 Å². The van der Waals surface area contributed by atoms with E-state index in [1.54, 1.807) is 23.1 Å². The van der Waals surface area contributed by atoms with Crippen molar-refractivity contribution in [3.63, 3.8) is 0 Å². The van der Waals surface area contributed by atoms with Crippen molar-refractivity contribution < 1.29 is 9.21 Å². The van der Waals surface area contributed by atoms with E-state index in [0.29, 0.717) is 29.2 Å². The Hall–Kier alpha value is -3.31. The molecule has 1 amide bonds. The average molecular weight is 421 g/mol. The van der Waals surface area contributed by atoms with E-state index in [1.807, 2.05) is 60.7 Å². The number of oxazole rings is 1.